The lowest BCUT2D eigenvalue weighted by molar-refractivity contribution is 0.612. The highest BCUT2D eigenvalue weighted by Crippen LogP contribution is 2.39. The summed E-state index contributed by atoms with van der Waals surface area (Å²) < 4.78 is 14.5. The molecule has 2 aromatic rings. The molecule has 0 saturated carbocycles. The number of halogens is 5. The Morgan fingerprint density at radius 3 is 2.37 bits per heavy atom. The topological polar surface area (TPSA) is 0 Å². The molecule has 0 bridgehead atoms. The first-order valence-electron chi connectivity index (χ1n) is 5.44. The Kier molecular flexibility index (Phi) is 4.93. The van der Waals surface area contributed by atoms with Crippen molar-refractivity contribution < 1.29 is 4.39 Å². The summed E-state index contributed by atoms with van der Waals surface area (Å²) in [6.07, 6.45) is 0. The molecule has 0 aliphatic heterocycles. The van der Waals surface area contributed by atoms with Gasteiger partial charge in [0.05, 0.1) is 9.85 Å². The molecule has 0 radical (unpaired) electrons. The number of hydrogen-bond acceptors (Lipinski definition) is 0. The predicted octanol–water partition coefficient (Wildman–Crippen LogP) is 6.69. The highest BCUT2D eigenvalue weighted by Gasteiger charge is 2.19. The van der Waals surface area contributed by atoms with E-state index < -0.39 is 0 Å². The molecule has 5 heteroatoms. The maximum Gasteiger partial charge on any atom is 0.129 e. The molecule has 2 rings (SSSR count). The van der Waals surface area contributed by atoms with E-state index in [1.54, 1.807) is 6.07 Å². The maximum absolute atomic E-state index is 14.0. The molecular weight excluding hydrogens is 418 g/mol. The van der Waals surface area contributed by atoms with Gasteiger partial charge in [-0.2, -0.15) is 0 Å². The van der Waals surface area contributed by atoms with Crippen LogP contribution in [-0.4, -0.2) is 0 Å². The minimum absolute atomic E-state index is 0.338. The Hall–Kier alpha value is -0.0900. The van der Waals surface area contributed by atoms with Gasteiger partial charge < -0.3 is 0 Å². The molecule has 0 heterocycles. The zero-order valence-corrected chi connectivity index (χ0v) is 14.5. The Morgan fingerprint density at radius 2 is 1.74 bits per heavy atom. The smallest absolute Gasteiger partial charge is 0.129 e. The summed E-state index contributed by atoms with van der Waals surface area (Å²) in [5.74, 6) is -0.338. The van der Waals surface area contributed by atoms with Crippen LogP contribution in [0, 0.1) is 12.7 Å². The van der Waals surface area contributed by atoms with Crippen molar-refractivity contribution in [1.82, 2.24) is 0 Å². The molecule has 1 unspecified atom stereocenters. The molecule has 100 valence electrons. The van der Waals surface area contributed by atoms with E-state index in [4.69, 9.17) is 23.2 Å². The second-order valence-corrected chi connectivity index (χ2v) is 6.76. The van der Waals surface area contributed by atoms with E-state index >= 15 is 0 Å². The summed E-state index contributed by atoms with van der Waals surface area (Å²) in [7, 11) is 0. The van der Waals surface area contributed by atoms with E-state index in [2.05, 4.69) is 31.9 Å². The minimum Gasteiger partial charge on any atom is -0.207 e. The van der Waals surface area contributed by atoms with Gasteiger partial charge in [-0.15, -0.1) is 0 Å². The lowest BCUT2D eigenvalue weighted by Crippen LogP contribution is -1.98. The van der Waals surface area contributed by atoms with Gasteiger partial charge in [0.25, 0.3) is 0 Å². The molecule has 0 amide bonds. The fourth-order valence-electron chi connectivity index (χ4n) is 1.74. The molecule has 0 nitrogen and oxygen atoms in total. The summed E-state index contributed by atoms with van der Waals surface area (Å²) in [4.78, 5) is -0.341. The van der Waals surface area contributed by atoms with Crippen LogP contribution in [-0.2, 0) is 0 Å². The van der Waals surface area contributed by atoms with E-state index in [0.29, 0.717) is 20.1 Å². The van der Waals surface area contributed by atoms with Crippen molar-refractivity contribution in [1.29, 1.82) is 0 Å². The Bertz CT molecular complexity index is 629. The monoisotopic (exact) mass is 424 g/mol. The van der Waals surface area contributed by atoms with E-state index in [1.807, 2.05) is 25.1 Å². The van der Waals surface area contributed by atoms with Gasteiger partial charge >= 0.3 is 0 Å². The third-order valence-corrected chi connectivity index (χ3v) is 5.25. The van der Waals surface area contributed by atoms with E-state index in [0.717, 1.165) is 11.1 Å². The lowest BCUT2D eigenvalue weighted by Gasteiger charge is -2.15. The number of alkyl halides is 1. The molecule has 19 heavy (non-hydrogen) atoms. The summed E-state index contributed by atoms with van der Waals surface area (Å²) in [5, 5.41) is 1.06. The number of hydrogen-bond donors (Lipinski definition) is 0. The van der Waals surface area contributed by atoms with E-state index in [1.165, 1.54) is 6.07 Å². The zero-order valence-electron chi connectivity index (χ0n) is 9.85. The Balaban J connectivity index is 2.49. The van der Waals surface area contributed by atoms with E-state index in [9.17, 15) is 4.39 Å². The van der Waals surface area contributed by atoms with Gasteiger partial charge in [0.15, 0.2) is 0 Å². The van der Waals surface area contributed by atoms with Crippen LogP contribution in [0.2, 0.25) is 10.0 Å². The first-order chi connectivity index (χ1) is 8.90. The Morgan fingerprint density at radius 1 is 1.05 bits per heavy atom. The molecule has 0 spiro atoms. The lowest BCUT2D eigenvalue weighted by atomic mass is 10.0. The van der Waals surface area contributed by atoms with Crippen LogP contribution < -0.4 is 0 Å². The van der Waals surface area contributed by atoms with Crippen LogP contribution in [0.5, 0.6) is 0 Å². The van der Waals surface area contributed by atoms with Gasteiger partial charge in [-0.05, 0) is 52.2 Å². The van der Waals surface area contributed by atoms with Crippen molar-refractivity contribution >= 4 is 55.1 Å². The number of benzene rings is 2. The van der Waals surface area contributed by atoms with Crippen molar-refractivity contribution in [3.05, 3.63) is 67.4 Å². The van der Waals surface area contributed by atoms with E-state index in [-0.39, 0.29) is 10.6 Å². The first-order valence-corrected chi connectivity index (χ1v) is 7.91. The predicted molar refractivity (Wildman–Crippen MR) is 86.1 cm³/mol. The number of rotatable bonds is 2. The molecule has 0 aliphatic carbocycles. The summed E-state index contributed by atoms with van der Waals surface area (Å²) >= 11 is 18.9. The molecule has 1 atom stereocenters. The van der Waals surface area contributed by atoms with Crippen LogP contribution in [0.1, 0.15) is 21.5 Å². The van der Waals surface area contributed by atoms with Crippen molar-refractivity contribution in [2.75, 3.05) is 0 Å². The van der Waals surface area contributed by atoms with Crippen LogP contribution in [0.4, 0.5) is 4.39 Å². The fourth-order valence-corrected chi connectivity index (χ4v) is 3.45. The van der Waals surface area contributed by atoms with Gasteiger partial charge in [-0.3, -0.25) is 0 Å². The van der Waals surface area contributed by atoms with Gasteiger partial charge in [0, 0.05) is 15.1 Å². The standard InChI is InChI=1S/C14H9Br2Cl2F/c1-7-2-3-8(11(17)4-7)14(16)9-5-12(18)10(15)6-13(9)19/h2-6,14H,1H3. The van der Waals surface area contributed by atoms with Crippen molar-refractivity contribution in [2.45, 2.75) is 11.8 Å². The second-order valence-electron chi connectivity index (χ2n) is 4.18. The highest BCUT2D eigenvalue weighted by atomic mass is 79.9. The largest absolute Gasteiger partial charge is 0.207 e. The van der Waals surface area contributed by atoms with Crippen molar-refractivity contribution in [2.24, 2.45) is 0 Å². The van der Waals surface area contributed by atoms with Crippen LogP contribution in [0.15, 0.2) is 34.8 Å². The summed E-state index contributed by atoms with van der Waals surface area (Å²) in [6, 6.07) is 8.62. The minimum atomic E-state index is -0.341. The second kappa shape index (κ2) is 6.13. The van der Waals surface area contributed by atoms with Crippen LogP contribution in [0.3, 0.4) is 0 Å². The Labute approximate surface area is 138 Å². The van der Waals surface area contributed by atoms with Gasteiger partial charge in [-0.25, -0.2) is 4.39 Å². The third-order valence-electron chi connectivity index (χ3n) is 2.74. The molecule has 0 N–H and O–H groups in total. The van der Waals surface area contributed by atoms with Gasteiger partial charge in [0.2, 0.25) is 0 Å². The fraction of sp³-hybridized carbons (Fsp3) is 0.143. The highest BCUT2D eigenvalue weighted by molar-refractivity contribution is 9.10. The summed E-state index contributed by atoms with van der Waals surface area (Å²) in [5.41, 5.74) is 2.33. The first kappa shape index (κ1) is 15.3. The summed E-state index contributed by atoms with van der Waals surface area (Å²) in [6.45, 7) is 1.95. The maximum atomic E-state index is 14.0. The quantitative estimate of drug-likeness (QED) is 0.370. The van der Waals surface area contributed by atoms with Crippen LogP contribution >= 0.6 is 55.1 Å². The molecule has 0 fully saturated rings. The van der Waals surface area contributed by atoms with Crippen molar-refractivity contribution in [3.8, 4) is 0 Å². The van der Waals surface area contributed by atoms with Gasteiger partial charge in [-0.1, -0.05) is 51.3 Å². The molecule has 0 aromatic heterocycles. The number of aryl methyl sites for hydroxylation is 1. The zero-order chi connectivity index (χ0) is 14.2. The average Bonchev–Trinajstić information content (AvgIpc) is 2.33. The molecule has 0 saturated heterocycles. The molecule has 2 aromatic carbocycles. The third kappa shape index (κ3) is 3.33. The average molecular weight is 427 g/mol. The normalized spacial score (nSPS) is 12.5. The molecule has 0 aliphatic rings. The van der Waals surface area contributed by atoms with Gasteiger partial charge in [0.1, 0.15) is 5.82 Å². The van der Waals surface area contributed by atoms with Crippen LogP contribution in [0.25, 0.3) is 0 Å². The SMILES string of the molecule is Cc1ccc(C(Br)c2cc(Cl)c(Br)cc2F)c(Cl)c1. The molecular formula is C14H9Br2Cl2F. The van der Waals surface area contributed by atoms with Crippen molar-refractivity contribution in [3.63, 3.8) is 0 Å².